The molecule has 17 rings (SSSR count). The Hall–Kier alpha value is -11.9. The van der Waals surface area contributed by atoms with Gasteiger partial charge >= 0.3 is 64.0 Å². The van der Waals surface area contributed by atoms with E-state index in [1.54, 1.807) is 0 Å². The molecule has 2 amide bonds. The SMILES string of the molecule is Nc1ccn([C@H]2C[C@H](OP(=O)(O)OC[C@H]3O[C@@H](n4ccc(N)nc4=O)C[C@@H]3OP(=O)(O)OC[C@H]3O[C@@H](n4ccc(N)nc4=O)C[C@@H]3OP(=O)(O)OCCCNC(=O)c3ccnc(-c4cc(C(=O)NCCCOP(=O)(O)O[C@H]5C[C@H](n6cnc7c(=O)[nH]c(N)nc76)O[C@@H]5COP(=O)(O)O[C@H]5C[C@H](n6cnc7c(=O)[nH]c(N)nc76)O[C@@H]5COP(=O)(O)O[C@H]5C[C@H](n6cnc7c(=O)[nH]c(N)nc76)O[C@@H]5CO)ccn4)c3)[C@@H](CO)O2)c(=O)n1. The Morgan fingerprint density at radius 1 is 0.362 bits per heavy atom. The van der Waals surface area contributed by atoms with E-state index in [4.69, 9.17) is 117 Å². The van der Waals surface area contributed by atoms with Crippen molar-refractivity contribution in [3.05, 3.63) is 166 Å². The number of nitrogens with two attached hydrogens (primary N) is 6. The summed E-state index contributed by atoms with van der Waals surface area (Å²) >= 11 is 0. The number of carbonyl (C=O) groups is 2. The van der Waals surface area contributed by atoms with Crippen LogP contribution in [-0.4, -0.2) is 288 Å². The number of amides is 2. The molecule has 0 saturated carbocycles. The maximum Gasteiger partial charge on any atom is 0.472 e. The highest BCUT2D eigenvalue weighted by molar-refractivity contribution is 7.48. The fraction of sp³-hybridized carbons (Fsp3) is 0.480. The number of nitrogen functional groups attached to an aromatic ring is 6. The van der Waals surface area contributed by atoms with E-state index in [0.29, 0.717) is 0 Å². The molecular formula is C75H94N28O40P6. The third-order valence-electron chi connectivity index (χ3n) is 23.5. The van der Waals surface area contributed by atoms with Gasteiger partial charge in [0.05, 0.1) is 83.2 Å². The van der Waals surface area contributed by atoms with Gasteiger partial charge < -0.3 is 113 Å². The first-order valence-electron chi connectivity index (χ1n) is 44.6. The molecule has 6 fully saturated rings. The van der Waals surface area contributed by atoms with Crippen LogP contribution in [0.15, 0.2) is 121 Å². The van der Waals surface area contributed by atoms with Crippen molar-refractivity contribution in [2.75, 3.05) is 100 Å². The molecule has 25 N–H and O–H groups in total. The number of anilines is 6. The number of phosphoric ester groups is 6. The molecule has 149 heavy (non-hydrogen) atoms. The second kappa shape index (κ2) is 44.9. The lowest BCUT2D eigenvalue weighted by atomic mass is 10.1. The summed E-state index contributed by atoms with van der Waals surface area (Å²) in [5.41, 5.74) is 28.9. The van der Waals surface area contributed by atoms with Crippen molar-refractivity contribution in [1.82, 2.24) is 108 Å². The van der Waals surface area contributed by atoms with Gasteiger partial charge in [-0.2, -0.15) is 29.9 Å². The van der Waals surface area contributed by atoms with Gasteiger partial charge in [0, 0.05) is 93.7 Å². The summed E-state index contributed by atoms with van der Waals surface area (Å²) in [6.45, 7) is -7.04. The van der Waals surface area contributed by atoms with Gasteiger partial charge in [-0.3, -0.25) is 131 Å². The first-order chi connectivity index (χ1) is 70.8. The number of nitrogens with one attached hydrogen (secondary N) is 5. The molecule has 6 unspecified atom stereocenters. The molecule has 24 atom stereocenters. The van der Waals surface area contributed by atoms with Crippen molar-refractivity contribution in [2.24, 2.45) is 0 Å². The third kappa shape index (κ3) is 26.1. The standard InChI is InChI=1S/C75H94N28O40P6/c76-50-5-12-98(73(111)89-50)53-19-38(44(25-104)132-53)138-146(118,119)128-28-47-41(22-55(135-47)100-14-7-52(78)91-75(100)113)142-148(122,123)130-27-46-40(21-54(134-46)99-13-6-51(77)90-74(99)112)140-144(114,115)126-15-1-8-84-65(106)34-3-10-82-36(17-34)37-18-35(4-11-83-37)66(107)85-9-2-16-127-145(116,117)141-42-23-57(102-32-87-60-63(102)93-71(80)96-68(60)109)136-48(42)29-131-149(124,125)143-43-24-58(103-33-88-61-64(103)94-72(81)97-69(61)110)137-49(43)30-129-147(120,121)139-39-20-56(133-45(39)26-105)101-31-86-59-62(101)92-70(79)95-67(59)108/h3-7,10-14,17-18,31-33,38-49,53-58,104-105H,1-2,8-9,15-16,19-30H2,(H,84,106)(H,85,107)(H,114,115)(H,116,117)(H,118,119)(H,120,121)(H,122,123)(H,124,125)(H2,76,89,111)(H2,77,90,112)(H2,78,91,113)(H3,79,92,95,108)(H3,80,93,96,109)(H3,81,94,97,110)/t38-,39-,40-,41-,42-,43-,44+,45+,46+,47+,48+,49+,53+,54+,55+,56+,57+,58+/m0/s1. The van der Waals surface area contributed by atoms with Crippen molar-refractivity contribution < 1.29 is 159 Å². The average molecular weight is 2210 g/mol. The number of rotatable bonds is 45. The Labute approximate surface area is 830 Å². The highest BCUT2D eigenvalue weighted by Gasteiger charge is 2.52. The fourth-order valence-corrected chi connectivity index (χ4v) is 22.4. The molecule has 6 saturated heterocycles. The lowest BCUT2D eigenvalue weighted by Crippen LogP contribution is -2.31. The monoisotopic (exact) mass is 2210 g/mol. The second-order valence-electron chi connectivity index (χ2n) is 33.6. The van der Waals surface area contributed by atoms with Crippen LogP contribution < -0.4 is 78.8 Å². The number of H-pyrrole nitrogens is 3. The maximum absolute atomic E-state index is 14.3. The first-order valence-corrected chi connectivity index (χ1v) is 53.5. The average Bonchev–Trinajstić information content (AvgIpc) is 1.63. The molecule has 0 aromatic carbocycles. The lowest BCUT2D eigenvalue weighted by Gasteiger charge is -2.25. The van der Waals surface area contributed by atoms with Gasteiger partial charge in [0.2, 0.25) is 17.8 Å². The molecule has 17 heterocycles. The molecule has 0 radical (unpaired) electrons. The largest absolute Gasteiger partial charge is 0.472 e. The van der Waals surface area contributed by atoms with Crippen molar-refractivity contribution in [1.29, 1.82) is 0 Å². The second-order valence-corrected chi connectivity index (χ2v) is 42.0. The summed E-state index contributed by atoms with van der Waals surface area (Å²) in [5.74, 6) is -2.84. The predicted octanol–water partition coefficient (Wildman–Crippen LogP) is -2.23. The predicted molar refractivity (Wildman–Crippen MR) is 497 cm³/mol. The number of hydrogen-bond donors (Lipinski definition) is 19. The summed E-state index contributed by atoms with van der Waals surface area (Å²) in [6.07, 6.45) is -19.2. The number of hydrogen-bond acceptors (Lipinski definition) is 51. The smallest absolute Gasteiger partial charge is 0.394 e. The van der Waals surface area contributed by atoms with Gasteiger partial charge in [-0.15, -0.1) is 0 Å². The normalized spacial score (nSPS) is 26.5. The molecule has 6 aliphatic rings. The number of aliphatic hydroxyl groups excluding tert-OH is 2. The molecule has 0 spiro atoms. The molecule has 11 aromatic heterocycles. The molecule has 0 aliphatic carbocycles. The van der Waals surface area contributed by atoms with Gasteiger partial charge in [-0.1, -0.05) is 0 Å². The summed E-state index contributed by atoms with van der Waals surface area (Å²) < 4.78 is 191. The van der Waals surface area contributed by atoms with Crippen LogP contribution in [0.2, 0.25) is 0 Å². The van der Waals surface area contributed by atoms with E-state index in [1.807, 2.05) is 0 Å². The van der Waals surface area contributed by atoms with Crippen LogP contribution in [0.4, 0.5) is 35.3 Å². The number of nitrogens with zero attached hydrogens (tertiary/aromatic N) is 17. The number of fused-ring (bicyclic) bond motifs is 3. The van der Waals surface area contributed by atoms with Gasteiger partial charge in [-0.25, -0.2) is 56.7 Å². The highest BCUT2D eigenvalue weighted by Crippen LogP contribution is 2.57. The van der Waals surface area contributed by atoms with Crippen LogP contribution >= 0.6 is 46.9 Å². The van der Waals surface area contributed by atoms with Crippen molar-refractivity contribution in [2.45, 2.75) is 162 Å². The van der Waals surface area contributed by atoms with Crippen LogP contribution in [0.25, 0.3) is 44.9 Å². The van der Waals surface area contributed by atoms with Crippen LogP contribution in [0, 0.1) is 0 Å². The number of imidazole rings is 3. The topological polar surface area (TPSA) is 966 Å². The molecular weight excluding hydrogens is 2120 g/mol. The summed E-state index contributed by atoms with van der Waals surface area (Å²) in [6, 6.07) is 9.08. The van der Waals surface area contributed by atoms with Crippen molar-refractivity contribution in [3.63, 3.8) is 0 Å². The van der Waals surface area contributed by atoms with Crippen LogP contribution in [0.5, 0.6) is 0 Å². The van der Waals surface area contributed by atoms with Gasteiger partial charge in [0.1, 0.15) is 128 Å². The number of pyridine rings is 2. The Balaban J connectivity index is 0.481. The zero-order chi connectivity index (χ0) is 106. The highest BCUT2D eigenvalue weighted by atomic mass is 31.2. The minimum Gasteiger partial charge on any atom is -0.394 e. The fourth-order valence-electron chi connectivity index (χ4n) is 16.6. The number of phosphoric acid groups is 6. The number of aliphatic hydroxyl groups is 2. The Morgan fingerprint density at radius 3 is 0.886 bits per heavy atom. The maximum atomic E-state index is 14.3. The number of aromatic nitrogens is 20. The lowest BCUT2D eigenvalue weighted by molar-refractivity contribution is -0.0619. The van der Waals surface area contributed by atoms with Crippen LogP contribution in [0.1, 0.15) is 109 Å². The molecule has 6 aliphatic heterocycles. The van der Waals surface area contributed by atoms with Gasteiger partial charge in [0.15, 0.2) is 33.5 Å². The summed E-state index contributed by atoms with van der Waals surface area (Å²) in [4.78, 5) is 223. The van der Waals surface area contributed by atoms with E-state index in [0.717, 1.165) is 26.4 Å². The van der Waals surface area contributed by atoms with Gasteiger partial charge in [-0.05, 0) is 55.3 Å². The molecule has 11 aromatic rings. The zero-order valence-electron chi connectivity index (χ0n) is 76.7. The van der Waals surface area contributed by atoms with E-state index in [2.05, 4.69) is 80.4 Å². The molecule has 0 bridgehead atoms. The van der Waals surface area contributed by atoms with E-state index < -0.39 is 282 Å². The Bertz CT molecular complexity index is 7530. The minimum atomic E-state index is -5.50. The van der Waals surface area contributed by atoms with E-state index in [1.165, 1.54) is 93.5 Å². The molecule has 68 nitrogen and oxygen atoms in total. The summed E-state index contributed by atoms with van der Waals surface area (Å²) in [5, 5.41) is 25.6. The van der Waals surface area contributed by atoms with Crippen LogP contribution in [0.3, 0.4) is 0 Å². The number of aromatic amines is 3. The number of carbonyl (C=O) groups excluding carboxylic acids is 2. The number of ether oxygens (including phenoxy) is 6. The first kappa shape index (κ1) is 108. The summed E-state index contributed by atoms with van der Waals surface area (Å²) in [7, 11) is -31.9. The van der Waals surface area contributed by atoms with E-state index in [-0.39, 0.29) is 130 Å². The van der Waals surface area contributed by atoms with E-state index in [9.17, 15) is 105 Å². The van der Waals surface area contributed by atoms with Crippen molar-refractivity contribution >= 4 is 128 Å². The third-order valence-corrected chi connectivity index (χ3v) is 29.6. The molecule has 804 valence electrons. The minimum absolute atomic E-state index is 0.0229. The molecule has 74 heteroatoms. The van der Waals surface area contributed by atoms with E-state index >= 15 is 0 Å². The van der Waals surface area contributed by atoms with Crippen molar-refractivity contribution in [3.8, 4) is 11.4 Å². The Morgan fingerprint density at radius 2 is 0.617 bits per heavy atom. The van der Waals surface area contributed by atoms with Gasteiger partial charge in [0.25, 0.3) is 28.5 Å². The van der Waals surface area contributed by atoms with Crippen LogP contribution in [-0.2, 0) is 110 Å². The Kier molecular flexibility index (Phi) is 32.7. The quantitative estimate of drug-likeness (QED) is 0.0142. The zero-order valence-corrected chi connectivity index (χ0v) is 82.0.